The Morgan fingerprint density at radius 3 is 2.20 bits per heavy atom. The van der Waals surface area contributed by atoms with Gasteiger partial charge in [0.2, 0.25) is 0 Å². The fraction of sp³-hybridized carbons (Fsp3) is 0.0857. The molecule has 2 aromatic heterocycles. The second-order valence-electron chi connectivity index (χ2n) is 9.83. The van der Waals surface area contributed by atoms with E-state index in [2.05, 4.69) is 96.1 Å². The molecule has 0 fully saturated rings. The molecule has 1 aliphatic rings. The summed E-state index contributed by atoms with van der Waals surface area (Å²) in [6.07, 6.45) is 0. The number of aromatic nitrogens is 1. The van der Waals surface area contributed by atoms with Crippen LogP contribution in [0, 0.1) is 6.92 Å². The Kier molecular flexibility index (Phi) is 6.57. The Hall–Kier alpha value is -4.39. The lowest BCUT2D eigenvalue weighted by Crippen LogP contribution is -2.15. The number of benzene rings is 4. The van der Waals surface area contributed by atoms with Crippen LogP contribution in [0.4, 0.5) is 17.1 Å². The molecule has 7 rings (SSSR count). The summed E-state index contributed by atoms with van der Waals surface area (Å²) >= 11 is 3.53. The number of esters is 1. The Morgan fingerprint density at radius 2 is 1.54 bits per heavy atom. The molecule has 0 N–H and O–H groups in total. The number of para-hydroxylation sites is 2. The van der Waals surface area contributed by atoms with Gasteiger partial charge >= 0.3 is 5.97 Å². The van der Waals surface area contributed by atoms with E-state index < -0.39 is 0 Å². The van der Waals surface area contributed by atoms with Crippen LogP contribution in [0.25, 0.3) is 32.6 Å². The highest BCUT2D eigenvalue weighted by Gasteiger charge is 2.27. The van der Waals surface area contributed by atoms with Crippen LogP contribution in [-0.4, -0.2) is 17.6 Å². The molecule has 41 heavy (non-hydrogen) atoms. The van der Waals surface area contributed by atoms with Gasteiger partial charge in [-0.25, -0.2) is 9.78 Å². The van der Waals surface area contributed by atoms with E-state index in [9.17, 15) is 4.79 Å². The molecule has 0 unspecified atom stereocenters. The lowest BCUT2D eigenvalue weighted by Gasteiger charge is -2.33. The van der Waals surface area contributed by atoms with Crippen LogP contribution in [0.5, 0.6) is 0 Å². The van der Waals surface area contributed by atoms with Gasteiger partial charge < -0.3 is 9.64 Å². The number of nitrogens with zero attached hydrogens (tertiary/aromatic N) is 2. The first-order valence-corrected chi connectivity index (χ1v) is 15.2. The average molecular weight is 571 g/mol. The first-order chi connectivity index (χ1) is 20.1. The third-order valence-electron chi connectivity index (χ3n) is 7.30. The van der Waals surface area contributed by atoms with Gasteiger partial charge in [0, 0.05) is 31.2 Å². The molecular formula is C35H26N2O2S2. The van der Waals surface area contributed by atoms with E-state index in [-0.39, 0.29) is 5.97 Å². The number of fused-ring (bicyclic) bond motifs is 3. The lowest BCUT2D eigenvalue weighted by atomic mass is 9.97. The zero-order chi connectivity index (χ0) is 27.9. The summed E-state index contributed by atoms with van der Waals surface area (Å²) in [5.41, 5.74) is 8.93. The minimum atomic E-state index is -0.317. The second kappa shape index (κ2) is 10.5. The van der Waals surface area contributed by atoms with Gasteiger partial charge in [-0.15, -0.1) is 11.3 Å². The minimum Gasteiger partial charge on any atom is -0.462 e. The fourth-order valence-corrected chi connectivity index (χ4v) is 7.21. The molecule has 0 atom stereocenters. The number of hydrogen-bond donors (Lipinski definition) is 0. The van der Waals surface area contributed by atoms with E-state index in [1.807, 2.05) is 31.2 Å². The SMILES string of the molecule is CCOC(=O)c1ccc(-c2cc(-c3cccs3)c3c(C)ccc(N4c5ccccc5Sc5ccccc54)c3n2)cc1. The van der Waals surface area contributed by atoms with Crippen LogP contribution in [0.15, 0.2) is 118 Å². The monoisotopic (exact) mass is 570 g/mol. The summed E-state index contributed by atoms with van der Waals surface area (Å²) in [6.45, 7) is 4.32. The van der Waals surface area contributed by atoms with Gasteiger partial charge in [-0.05, 0) is 79.4 Å². The van der Waals surface area contributed by atoms with Crippen molar-refractivity contribution in [2.24, 2.45) is 0 Å². The second-order valence-corrected chi connectivity index (χ2v) is 11.9. The number of aryl methyl sites for hydroxylation is 1. The van der Waals surface area contributed by atoms with E-state index in [4.69, 9.17) is 9.72 Å². The number of ether oxygens (including phenoxy) is 1. The average Bonchev–Trinajstić information content (AvgIpc) is 3.55. The van der Waals surface area contributed by atoms with Crippen LogP contribution in [0.1, 0.15) is 22.8 Å². The molecule has 0 saturated carbocycles. The quantitative estimate of drug-likeness (QED) is 0.193. The molecule has 4 aromatic carbocycles. The Bertz CT molecular complexity index is 1870. The molecule has 0 bridgehead atoms. The van der Waals surface area contributed by atoms with Crippen LogP contribution >= 0.6 is 23.1 Å². The maximum Gasteiger partial charge on any atom is 0.338 e. The molecule has 0 saturated heterocycles. The summed E-state index contributed by atoms with van der Waals surface area (Å²) in [7, 11) is 0. The van der Waals surface area contributed by atoms with Gasteiger partial charge in [-0.1, -0.05) is 60.3 Å². The summed E-state index contributed by atoms with van der Waals surface area (Å²) in [5, 5.41) is 3.26. The van der Waals surface area contributed by atoms with E-state index in [1.165, 1.54) is 20.2 Å². The van der Waals surface area contributed by atoms with Crippen LogP contribution in [0.3, 0.4) is 0 Å². The molecule has 1 aliphatic heterocycles. The molecule has 6 aromatic rings. The highest BCUT2D eigenvalue weighted by Crippen LogP contribution is 2.53. The van der Waals surface area contributed by atoms with Crippen molar-refractivity contribution in [3.05, 3.63) is 120 Å². The van der Waals surface area contributed by atoms with Gasteiger partial charge in [0.15, 0.2) is 0 Å². The molecule has 0 radical (unpaired) electrons. The summed E-state index contributed by atoms with van der Waals surface area (Å²) < 4.78 is 5.19. The Morgan fingerprint density at radius 1 is 0.829 bits per heavy atom. The predicted octanol–water partition coefficient (Wildman–Crippen LogP) is 10.0. The molecule has 200 valence electrons. The molecular weight excluding hydrogens is 545 g/mol. The summed E-state index contributed by atoms with van der Waals surface area (Å²) in [5.74, 6) is -0.317. The van der Waals surface area contributed by atoms with Crippen LogP contribution in [-0.2, 0) is 4.74 Å². The van der Waals surface area contributed by atoms with Crippen molar-refractivity contribution in [3.63, 3.8) is 0 Å². The Balaban J connectivity index is 1.49. The first kappa shape index (κ1) is 25.6. The molecule has 0 aliphatic carbocycles. The smallest absolute Gasteiger partial charge is 0.338 e. The van der Waals surface area contributed by atoms with Crippen molar-refractivity contribution in [1.82, 2.24) is 4.98 Å². The minimum absolute atomic E-state index is 0.317. The predicted molar refractivity (Wildman–Crippen MR) is 170 cm³/mol. The number of hydrogen-bond acceptors (Lipinski definition) is 6. The topological polar surface area (TPSA) is 42.4 Å². The molecule has 0 spiro atoms. The van der Waals surface area contributed by atoms with Crippen LogP contribution < -0.4 is 4.90 Å². The number of pyridine rings is 1. The summed E-state index contributed by atoms with van der Waals surface area (Å²) in [6, 6.07) is 35.5. The first-order valence-electron chi connectivity index (χ1n) is 13.5. The summed E-state index contributed by atoms with van der Waals surface area (Å²) in [4.78, 5) is 23.6. The van der Waals surface area contributed by atoms with Gasteiger partial charge in [0.25, 0.3) is 0 Å². The number of carbonyl (C=O) groups is 1. The standard InChI is InChI=1S/C35H26N2O2S2/c1-3-39-35(38)24-17-15-23(16-18-24)26-21-25(30-13-8-20-40-30)33-22(2)14-19-29(34(33)36-26)37-27-9-4-6-11-31(27)41-32-12-7-5-10-28(32)37/h4-21H,3H2,1-2H3. The fourth-order valence-electron chi connectivity index (χ4n) is 5.41. The number of rotatable bonds is 5. The van der Waals surface area contributed by atoms with E-state index >= 15 is 0 Å². The van der Waals surface area contributed by atoms with Crippen LogP contribution in [0.2, 0.25) is 0 Å². The third-order valence-corrected chi connectivity index (χ3v) is 9.33. The van der Waals surface area contributed by atoms with Crippen molar-refractivity contribution < 1.29 is 9.53 Å². The number of thiophene rings is 1. The third kappa shape index (κ3) is 4.49. The van der Waals surface area contributed by atoms with Crippen molar-refractivity contribution in [2.45, 2.75) is 23.6 Å². The molecule has 6 heteroatoms. The zero-order valence-electron chi connectivity index (χ0n) is 22.6. The van der Waals surface area contributed by atoms with Gasteiger partial charge in [-0.2, -0.15) is 0 Å². The largest absolute Gasteiger partial charge is 0.462 e. The maximum atomic E-state index is 12.3. The normalized spacial score (nSPS) is 12.2. The highest BCUT2D eigenvalue weighted by molar-refractivity contribution is 7.99. The van der Waals surface area contributed by atoms with Crippen molar-refractivity contribution >= 4 is 57.0 Å². The van der Waals surface area contributed by atoms with Gasteiger partial charge in [-0.3, -0.25) is 0 Å². The van der Waals surface area contributed by atoms with Crippen molar-refractivity contribution in [3.8, 4) is 21.7 Å². The highest BCUT2D eigenvalue weighted by atomic mass is 32.2. The van der Waals surface area contributed by atoms with Gasteiger partial charge in [0.1, 0.15) is 0 Å². The lowest BCUT2D eigenvalue weighted by molar-refractivity contribution is 0.0526. The molecule has 4 nitrogen and oxygen atoms in total. The van der Waals surface area contributed by atoms with E-state index in [0.717, 1.165) is 44.8 Å². The van der Waals surface area contributed by atoms with Gasteiger partial charge in [0.05, 0.1) is 40.4 Å². The number of carbonyl (C=O) groups excluding carboxylic acids is 1. The Labute approximate surface area is 247 Å². The zero-order valence-corrected chi connectivity index (χ0v) is 24.3. The number of anilines is 3. The molecule has 0 amide bonds. The van der Waals surface area contributed by atoms with E-state index in [1.54, 1.807) is 23.1 Å². The van der Waals surface area contributed by atoms with Crippen molar-refractivity contribution in [1.29, 1.82) is 0 Å². The maximum absolute atomic E-state index is 12.3. The van der Waals surface area contributed by atoms with E-state index in [0.29, 0.717) is 12.2 Å². The van der Waals surface area contributed by atoms with Crippen molar-refractivity contribution in [2.75, 3.05) is 11.5 Å². The molecule has 3 heterocycles.